The summed E-state index contributed by atoms with van der Waals surface area (Å²) in [6.45, 7) is 6.39. The topological polar surface area (TPSA) is 0 Å². The van der Waals surface area contributed by atoms with E-state index in [1.807, 2.05) is 0 Å². The van der Waals surface area contributed by atoms with Crippen molar-refractivity contribution in [3.8, 4) is 0 Å². The highest BCUT2D eigenvalue weighted by Gasteiger charge is 2.13. The Bertz CT molecular complexity index is 222. The van der Waals surface area contributed by atoms with E-state index in [4.69, 9.17) is 0 Å². The first kappa shape index (κ1) is 9.17. The van der Waals surface area contributed by atoms with Gasteiger partial charge in [-0.05, 0) is 49.9 Å². The first-order valence-electron chi connectivity index (χ1n) is 3.88. The molecule has 0 fully saturated rings. The zero-order chi connectivity index (χ0) is 9.46. The van der Waals surface area contributed by atoms with Crippen LogP contribution in [0.4, 0.5) is 8.78 Å². The van der Waals surface area contributed by atoms with E-state index < -0.39 is 0 Å². The van der Waals surface area contributed by atoms with Crippen molar-refractivity contribution < 1.29 is 8.78 Å². The van der Waals surface area contributed by atoms with E-state index in [1.54, 1.807) is 27.7 Å². The maximum Gasteiger partial charge on any atom is 0.129 e. The van der Waals surface area contributed by atoms with Crippen LogP contribution in [-0.2, 0) is 0 Å². The molecule has 0 heterocycles. The van der Waals surface area contributed by atoms with Crippen molar-refractivity contribution >= 4 is 0 Å². The molecule has 0 atom stereocenters. The van der Waals surface area contributed by atoms with Gasteiger partial charge in [-0.25, -0.2) is 8.78 Å². The molecule has 0 nitrogen and oxygen atoms in total. The van der Waals surface area contributed by atoms with Gasteiger partial charge in [-0.1, -0.05) is 0 Å². The molecule has 1 aromatic rings. The minimum atomic E-state index is -0.286. The molecule has 0 aromatic heterocycles. The van der Waals surface area contributed by atoms with Gasteiger partial charge in [-0.3, -0.25) is 0 Å². The Hall–Kier alpha value is -0.920. The van der Waals surface area contributed by atoms with E-state index in [0.29, 0.717) is 22.3 Å². The molecular formula is C10H12F2. The Morgan fingerprint density at radius 1 is 0.583 bits per heavy atom. The summed E-state index contributed by atoms with van der Waals surface area (Å²) in [4.78, 5) is 0. The van der Waals surface area contributed by atoms with Gasteiger partial charge in [0.15, 0.2) is 0 Å². The second kappa shape index (κ2) is 2.85. The van der Waals surface area contributed by atoms with Gasteiger partial charge in [0.05, 0.1) is 0 Å². The summed E-state index contributed by atoms with van der Waals surface area (Å²) >= 11 is 0. The monoisotopic (exact) mass is 170 g/mol. The largest absolute Gasteiger partial charge is 0.206 e. The van der Waals surface area contributed by atoms with Crippen molar-refractivity contribution in [3.05, 3.63) is 33.9 Å². The highest BCUT2D eigenvalue weighted by Crippen LogP contribution is 2.23. The summed E-state index contributed by atoms with van der Waals surface area (Å²) in [7, 11) is 0. The average Bonchev–Trinajstić information content (AvgIpc) is 2.08. The quantitative estimate of drug-likeness (QED) is 0.561. The molecule has 0 radical (unpaired) electrons. The third kappa shape index (κ3) is 1.11. The normalized spacial score (nSPS) is 10.5. The molecule has 12 heavy (non-hydrogen) atoms. The van der Waals surface area contributed by atoms with Gasteiger partial charge in [0.25, 0.3) is 0 Å². The van der Waals surface area contributed by atoms with Crippen molar-refractivity contribution in [2.24, 2.45) is 0 Å². The molecular weight excluding hydrogens is 158 g/mol. The standard InChI is InChI=1S/C10H12F2/c1-5-6(2)10(12)8(4)7(3)9(5)11/h1-4H3. The molecule has 0 bridgehead atoms. The lowest BCUT2D eigenvalue weighted by molar-refractivity contribution is 0.569. The van der Waals surface area contributed by atoms with E-state index in [0.717, 1.165) is 0 Å². The second-order valence-electron chi connectivity index (χ2n) is 3.13. The molecule has 66 valence electrons. The summed E-state index contributed by atoms with van der Waals surface area (Å²) in [6.07, 6.45) is 0. The van der Waals surface area contributed by atoms with Crippen LogP contribution in [0.2, 0.25) is 0 Å². The number of hydrogen-bond donors (Lipinski definition) is 0. The Kier molecular flexibility index (Phi) is 2.18. The smallest absolute Gasteiger partial charge is 0.129 e. The van der Waals surface area contributed by atoms with Crippen LogP contribution < -0.4 is 0 Å². The Morgan fingerprint density at radius 3 is 0.917 bits per heavy atom. The Morgan fingerprint density at radius 2 is 0.750 bits per heavy atom. The minimum Gasteiger partial charge on any atom is -0.206 e. The molecule has 2 heteroatoms. The van der Waals surface area contributed by atoms with E-state index in [1.165, 1.54) is 0 Å². The zero-order valence-electron chi connectivity index (χ0n) is 7.76. The predicted octanol–water partition coefficient (Wildman–Crippen LogP) is 3.20. The molecule has 0 saturated heterocycles. The molecule has 0 aliphatic heterocycles. The van der Waals surface area contributed by atoms with E-state index in [9.17, 15) is 8.78 Å². The fourth-order valence-electron chi connectivity index (χ4n) is 1.22. The number of rotatable bonds is 0. The highest BCUT2D eigenvalue weighted by atomic mass is 19.1. The zero-order valence-corrected chi connectivity index (χ0v) is 7.76. The number of halogens is 2. The third-order valence-corrected chi connectivity index (χ3v) is 2.44. The summed E-state index contributed by atoms with van der Waals surface area (Å²) in [6, 6.07) is 0. The molecule has 0 spiro atoms. The summed E-state index contributed by atoms with van der Waals surface area (Å²) < 4.78 is 26.5. The summed E-state index contributed by atoms with van der Waals surface area (Å²) in [5, 5.41) is 0. The molecule has 0 amide bonds. The van der Waals surface area contributed by atoms with Crippen molar-refractivity contribution in [2.75, 3.05) is 0 Å². The van der Waals surface area contributed by atoms with Crippen LogP contribution in [0.5, 0.6) is 0 Å². The fourth-order valence-corrected chi connectivity index (χ4v) is 1.22. The molecule has 0 N–H and O–H groups in total. The van der Waals surface area contributed by atoms with Crippen LogP contribution in [0, 0.1) is 39.3 Å². The van der Waals surface area contributed by atoms with Crippen molar-refractivity contribution in [1.29, 1.82) is 0 Å². The average molecular weight is 170 g/mol. The Balaban J connectivity index is 3.60. The summed E-state index contributed by atoms with van der Waals surface area (Å²) in [5.74, 6) is -0.571. The van der Waals surface area contributed by atoms with Crippen LogP contribution in [-0.4, -0.2) is 0 Å². The van der Waals surface area contributed by atoms with Crippen LogP contribution >= 0.6 is 0 Å². The lowest BCUT2D eigenvalue weighted by Gasteiger charge is -2.10. The fraction of sp³-hybridized carbons (Fsp3) is 0.400. The van der Waals surface area contributed by atoms with Gasteiger partial charge in [0.1, 0.15) is 11.6 Å². The van der Waals surface area contributed by atoms with E-state index in [-0.39, 0.29) is 11.6 Å². The predicted molar refractivity (Wildman–Crippen MR) is 45.3 cm³/mol. The van der Waals surface area contributed by atoms with Crippen molar-refractivity contribution in [3.63, 3.8) is 0 Å². The van der Waals surface area contributed by atoms with Gasteiger partial charge in [0.2, 0.25) is 0 Å². The highest BCUT2D eigenvalue weighted by molar-refractivity contribution is 5.38. The molecule has 0 aliphatic carbocycles. The van der Waals surface area contributed by atoms with Gasteiger partial charge in [0, 0.05) is 0 Å². The van der Waals surface area contributed by atoms with Gasteiger partial charge in [-0.15, -0.1) is 0 Å². The van der Waals surface area contributed by atoms with Crippen LogP contribution in [0.1, 0.15) is 22.3 Å². The number of hydrogen-bond acceptors (Lipinski definition) is 0. The van der Waals surface area contributed by atoms with E-state index in [2.05, 4.69) is 0 Å². The van der Waals surface area contributed by atoms with Crippen molar-refractivity contribution in [2.45, 2.75) is 27.7 Å². The van der Waals surface area contributed by atoms with Crippen LogP contribution in [0.3, 0.4) is 0 Å². The SMILES string of the molecule is Cc1c(C)c(F)c(C)c(C)c1F. The molecule has 0 saturated carbocycles. The molecule has 1 rings (SSSR count). The molecule has 1 aromatic carbocycles. The van der Waals surface area contributed by atoms with Gasteiger partial charge in [-0.2, -0.15) is 0 Å². The van der Waals surface area contributed by atoms with Crippen LogP contribution in [0.15, 0.2) is 0 Å². The Labute approximate surface area is 71.2 Å². The second-order valence-corrected chi connectivity index (χ2v) is 3.13. The third-order valence-electron chi connectivity index (χ3n) is 2.44. The molecule has 0 aliphatic rings. The van der Waals surface area contributed by atoms with Crippen LogP contribution in [0.25, 0.3) is 0 Å². The molecule has 0 unspecified atom stereocenters. The lowest BCUT2D eigenvalue weighted by atomic mass is 10.00. The summed E-state index contributed by atoms with van der Waals surface area (Å²) in [5.41, 5.74) is 1.65. The van der Waals surface area contributed by atoms with E-state index >= 15 is 0 Å². The number of benzene rings is 1. The maximum atomic E-state index is 13.3. The minimum absolute atomic E-state index is 0.286. The van der Waals surface area contributed by atoms with Gasteiger partial charge < -0.3 is 0 Å². The van der Waals surface area contributed by atoms with Gasteiger partial charge >= 0.3 is 0 Å². The first-order chi connectivity index (χ1) is 5.46. The maximum absolute atomic E-state index is 13.3. The first-order valence-corrected chi connectivity index (χ1v) is 3.88. The van der Waals surface area contributed by atoms with Crippen molar-refractivity contribution in [1.82, 2.24) is 0 Å². The lowest BCUT2D eigenvalue weighted by Crippen LogP contribution is -2.00.